The van der Waals surface area contributed by atoms with Crippen molar-refractivity contribution in [2.75, 3.05) is 13.1 Å². The van der Waals surface area contributed by atoms with Crippen molar-refractivity contribution in [1.29, 1.82) is 5.26 Å². The number of amides is 1. The number of rotatable bonds is 8. The molecule has 224 valence electrons. The summed E-state index contributed by atoms with van der Waals surface area (Å²) >= 11 is 0. The number of ketones is 2. The van der Waals surface area contributed by atoms with Gasteiger partial charge in [0.05, 0.1) is 18.7 Å². The molecule has 5 rings (SSSR count). The number of hydrogen-bond acceptors (Lipinski definition) is 6. The third-order valence-electron chi connectivity index (χ3n) is 7.63. The molecule has 44 heavy (non-hydrogen) atoms. The Morgan fingerprint density at radius 2 is 1.75 bits per heavy atom. The molecule has 0 radical (unpaired) electrons. The molecule has 1 fully saturated rings. The number of hydrogen-bond donors (Lipinski definition) is 0. The van der Waals surface area contributed by atoms with Gasteiger partial charge < -0.3 is 28.4 Å². The third-order valence-corrected chi connectivity index (χ3v) is 7.63. The summed E-state index contributed by atoms with van der Waals surface area (Å²) in [5, 5.41) is 8.23. The molecule has 1 heterocycles. The van der Waals surface area contributed by atoms with Gasteiger partial charge in [0, 0.05) is 42.8 Å². The van der Waals surface area contributed by atoms with Crippen LogP contribution in [0.15, 0.2) is 60.7 Å². The Morgan fingerprint density at radius 1 is 1.02 bits per heavy atom. The largest absolute Gasteiger partial charge is 1.00 e. The van der Waals surface area contributed by atoms with Gasteiger partial charge in [-0.25, -0.2) is 4.39 Å². The Kier molecular flexibility index (Phi) is 13.4. The van der Waals surface area contributed by atoms with E-state index in [0.29, 0.717) is 75.2 Å². The van der Waals surface area contributed by atoms with Crippen LogP contribution in [0.4, 0.5) is 4.39 Å². The van der Waals surface area contributed by atoms with Crippen molar-refractivity contribution in [3.8, 4) is 11.8 Å². The first-order chi connectivity index (χ1) is 20.8. The Hall–Kier alpha value is -3.75. The van der Waals surface area contributed by atoms with Crippen molar-refractivity contribution in [2.45, 2.75) is 57.8 Å². The number of Topliss-reactive ketones (excluding diaryl/α,β-unsaturated/α-hetero) is 2. The maximum absolute atomic E-state index is 13.1. The Bertz CT molecular complexity index is 1480. The van der Waals surface area contributed by atoms with E-state index in [1.54, 1.807) is 11.0 Å². The molecule has 1 atom stereocenters. The summed E-state index contributed by atoms with van der Waals surface area (Å²) in [6.45, 7) is 10.8. The summed E-state index contributed by atoms with van der Waals surface area (Å²) in [6, 6.07) is 21.3. The predicted octanol–water partition coefficient (Wildman–Crippen LogP) is 2.66. The molecular weight excluding hydrogens is 552 g/mol. The first-order valence-electron chi connectivity index (χ1n) is 14.4. The Balaban J connectivity index is 0.000000455. The molecule has 0 spiro atoms. The van der Waals surface area contributed by atoms with Gasteiger partial charge in [-0.1, -0.05) is 35.9 Å². The second-order valence-electron chi connectivity index (χ2n) is 10.5. The van der Waals surface area contributed by atoms with Crippen molar-refractivity contribution in [2.24, 2.45) is 0 Å². The maximum atomic E-state index is 13.1. The van der Waals surface area contributed by atoms with Crippen LogP contribution in [0.1, 0.15) is 64.7 Å². The molecule has 3 aromatic rings. The molecule has 0 N–H and O–H groups in total. The van der Waals surface area contributed by atoms with Gasteiger partial charge in [-0.15, -0.1) is 25.2 Å². The zero-order valence-corrected chi connectivity index (χ0v) is 25.2. The minimum Gasteiger partial charge on any atom is -0.489 e. The molecule has 1 aliphatic heterocycles. The minimum atomic E-state index is -0.541. The van der Waals surface area contributed by atoms with E-state index in [4.69, 9.17) is 10.00 Å². The van der Waals surface area contributed by atoms with E-state index in [1.165, 1.54) is 17.7 Å². The number of carbonyl (C=O) groups excluding carboxylic acids is 3. The standard InChI is InChI=1S/C28H32N2O4.C7H3FN.Li/c1-3-29(4-2)17-20-11-13-21(14-12-20)19-34-27-10-6-8-23-24(27)18-30(28(23)33)25-16-15-22(31)7-5-9-26(25)32;8-7-3-1-2-6(4-7)5-9;/h6,8,10-14,25H,1-5,7,9,15-19H2;1-2,4H;/q-2;-1;+1/t25-;;/m0../s1. The van der Waals surface area contributed by atoms with Crippen LogP contribution in [-0.4, -0.2) is 46.4 Å². The fourth-order valence-corrected chi connectivity index (χ4v) is 5.19. The molecule has 0 saturated heterocycles. The summed E-state index contributed by atoms with van der Waals surface area (Å²) in [5.41, 5.74) is 3.95. The van der Waals surface area contributed by atoms with Gasteiger partial charge in [0.15, 0.2) is 5.78 Å². The molecule has 0 aromatic heterocycles. The molecule has 2 aliphatic rings. The third kappa shape index (κ3) is 9.13. The van der Waals surface area contributed by atoms with Gasteiger partial charge in [0.25, 0.3) is 5.91 Å². The van der Waals surface area contributed by atoms with Gasteiger partial charge in [-0.2, -0.15) is 17.4 Å². The SMILES string of the molecule is N#Cc1cc[c-]c(F)c1.[CH2-]CN(C[CH2-])Cc1ccc(COc2cccc3c2CN([C@H]2CCC(=O)CCCC2=O)C3=O)cc1.[Li+]. The maximum Gasteiger partial charge on any atom is 1.00 e. The summed E-state index contributed by atoms with van der Waals surface area (Å²) < 4.78 is 18.3. The van der Waals surface area contributed by atoms with Gasteiger partial charge in [-0.05, 0) is 36.1 Å². The van der Waals surface area contributed by atoms with Gasteiger partial charge in [-0.3, -0.25) is 14.4 Å². The van der Waals surface area contributed by atoms with Crippen LogP contribution < -0.4 is 23.6 Å². The zero-order valence-electron chi connectivity index (χ0n) is 25.2. The first-order valence-corrected chi connectivity index (χ1v) is 14.4. The molecule has 0 unspecified atom stereocenters. The number of benzene rings is 3. The molecule has 3 aromatic carbocycles. The fourth-order valence-electron chi connectivity index (χ4n) is 5.19. The van der Waals surface area contributed by atoms with Gasteiger partial charge >= 0.3 is 18.9 Å². The molecule has 1 aliphatic carbocycles. The average molecular weight is 588 g/mol. The van der Waals surface area contributed by atoms with E-state index >= 15 is 0 Å². The van der Waals surface area contributed by atoms with Crippen LogP contribution in [0.2, 0.25) is 0 Å². The number of carbonyl (C=O) groups is 3. The van der Waals surface area contributed by atoms with E-state index < -0.39 is 11.9 Å². The van der Waals surface area contributed by atoms with E-state index in [2.05, 4.69) is 36.9 Å². The van der Waals surface area contributed by atoms with Crippen LogP contribution in [0.25, 0.3) is 0 Å². The normalized spacial score (nSPS) is 16.2. The van der Waals surface area contributed by atoms with Crippen LogP contribution in [0, 0.1) is 37.1 Å². The van der Waals surface area contributed by atoms with E-state index in [1.807, 2.05) is 30.3 Å². The van der Waals surface area contributed by atoms with Gasteiger partial charge in [0.1, 0.15) is 18.1 Å². The van der Waals surface area contributed by atoms with Crippen LogP contribution >= 0.6 is 0 Å². The predicted molar refractivity (Wildman–Crippen MR) is 160 cm³/mol. The summed E-state index contributed by atoms with van der Waals surface area (Å²) in [6.07, 6.45) is 2.11. The monoisotopic (exact) mass is 587 g/mol. The minimum absolute atomic E-state index is 0. The summed E-state index contributed by atoms with van der Waals surface area (Å²) in [4.78, 5) is 41.6. The van der Waals surface area contributed by atoms with Crippen LogP contribution in [0.3, 0.4) is 0 Å². The van der Waals surface area contributed by atoms with Gasteiger partial charge in [0.2, 0.25) is 0 Å². The van der Waals surface area contributed by atoms with E-state index in [-0.39, 0.29) is 36.3 Å². The Labute approximate surface area is 271 Å². The van der Waals surface area contributed by atoms with Crippen molar-refractivity contribution >= 4 is 17.5 Å². The van der Waals surface area contributed by atoms with Crippen LogP contribution in [0.5, 0.6) is 5.75 Å². The van der Waals surface area contributed by atoms with E-state index in [0.717, 1.165) is 23.7 Å². The zero-order chi connectivity index (χ0) is 30.8. The molecule has 9 heteroatoms. The number of ether oxygens (including phenoxy) is 1. The summed E-state index contributed by atoms with van der Waals surface area (Å²) in [5.74, 6) is 0.229. The molecule has 0 bridgehead atoms. The van der Waals surface area contributed by atoms with Crippen molar-refractivity contribution in [3.63, 3.8) is 0 Å². The first kappa shape index (κ1) is 34.7. The number of nitriles is 1. The molecular formula is C35H35FLiN3O4-2. The number of halogens is 1. The van der Waals surface area contributed by atoms with Crippen molar-refractivity contribution in [3.05, 3.63) is 114 Å². The van der Waals surface area contributed by atoms with Crippen molar-refractivity contribution < 1.29 is 42.4 Å². The number of fused-ring (bicyclic) bond motifs is 1. The quantitative estimate of drug-likeness (QED) is 0.298. The van der Waals surface area contributed by atoms with E-state index in [9.17, 15) is 18.8 Å². The molecule has 7 nitrogen and oxygen atoms in total. The smallest absolute Gasteiger partial charge is 0.489 e. The van der Waals surface area contributed by atoms with Crippen LogP contribution in [-0.2, 0) is 29.3 Å². The second-order valence-corrected chi connectivity index (χ2v) is 10.5. The second kappa shape index (κ2) is 16.9. The average Bonchev–Trinajstić information content (AvgIpc) is 3.35. The number of nitrogens with zero attached hydrogens (tertiary/aromatic N) is 3. The van der Waals surface area contributed by atoms with Crippen molar-refractivity contribution in [1.82, 2.24) is 9.80 Å². The fraction of sp³-hybridized carbons (Fsp3) is 0.314. The Morgan fingerprint density at radius 3 is 2.41 bits per heavy atom. The summed E-state index contributed by atoms with van der Waals surface area (Å²) in [7, 11) is 0. The molecule has 1 amide bonds. The topological polar surface area (TPSA) is 90.7 Å². The molecule has 1 saturated carbocycles.